The van der Waals surface area contributed by atoms with E-state index in [-0.39, 0.29) is 5.28 Å². The van der Waals surface area contributed by atoms with Gasteiger partial charge in [-0.15, -0.1) is 0 Å². The van der Waals surface area contributed by atoms with E-state index in [9.17, 15) is 0 Å². The summed E-state index contributed by atoms with van der Waals surface area (Å²) in [5.74, 6) is 0.615. The van der Waals surface area contributed by atoms with Crippen LogP contribution in [0.1, 0.15) is 0 Å². The lowest BCUT2D eigenvalue weighted by atomic mass is 10.3. The molecule has 0 radical (unpaired) electrons. The van der Waals surface area contributed by atoms with E-state index in [1.54, 1.807) is 6.20 Å². The molecule has 7 heteroatoms. The van der Waals surface area contributed by atoms with Gasteiger partial charge in [0, 0.05) is 15.1 Å². The molecule has 88 valence electrons. The second kappa shape index (κ2) is 5.65. The molecule has 0 spiro atoms. The summed E-state index contributed by atoms with van der Waals surface area (Å²) in [6.45, 7) is 0. The highest BCUT2D eigenvalue weighted by atomic mass is 79.9. The molecular formula is C10H5Br3ClN3. The Morgan fingerprint density at radius 3 is 2.65 bits per heavy atom. The lowest BCUT2D eigenvalue weighted by molar-refractivity contribution is 1.15. The summed E-state index contributed by atoms with van der Waals surface area (Å²) in [6, 6.07) is 5.81. The molecule has 0 aliphatic rings. The molecule has 1 N–H and O–H groups in total. The summed E-state index contributed by atoms with van der Waals surface area (Å²) in [5, 5.41) is 3.36. The number of rotatable bonds is 2. The average Bonchev–Trinajstić information content (AvgIpc) is 2.28. The summed E-state index contributed by atoms with van der Waals surface area (Å²) in [6.07, 6.45) is 1.60. The first kappa shape index (κ1) is 13.3. The van der Waals surface area contributed by atoms with E-state index in [2.05, 4.69) is 63.1 Å². The minimum atomic E-state index is 0.196. The maximum Gasteiger partial charge on any atom is 0.224 e. The van der Waals surface area contributed by atoms with Crippen molar-refractivity contribution in [3.8, 4) is 0 Å². The fraction of sp³-hybridized carbons (Fsp3) is 0. The van der Waals surface area contributed by atoms with Crippen LogP contribution < -0.4 is 5.32 Å². The molecule has 1 heterocycles. The monoisotopic (exact) mass is 439 g/mol. The number of nitrogens with one attached hydrogen (secondary N) is 1. The topological polar surface area (TPSA) is 37.8 Å². The molecule has 2 rings (SSSR count). The second-order valence-corrected chi connectivity index (χ2v) is 6.05. The molecule has 17 heavy (non-hydrogen) atoms. The van der Waals surface area contributed by atoms with Crippen molar-refractivity contribution in [2.45, 2.75) is 0 Å². The molecular weight excluding hydrogens is 437 g/mol. The normalized spacial score (nSPS) is 10.4. The lowest BCUT2D eigenvalue weighted by Gasteiger charge is -2.09. The summed E-state index contributed by atoms with van der Waals surface area (Å²) in [4.78, 5) is 7.97. The van der Waals surface area contributed by atoms with Crippen LogP contribution in [-0.2, 0) is 0 Å². The van der Waals surface area contributed by atoms with E-state index in [0.29, 0.717) is 5.82 Å². The maximum absolute atomic E-state index is 5.75. The first-order valence-electron chi connectivity index (χ1n) is 4.46. The van der Waals surface area contributed by atoms with Crippen molar-refractivity contribution in [2.75, 3.05) is 5.32 Å². The van der Waals surface area contributed by atoms with E-state index >= 15 is 0 Å². The van der Waals surface area contributed by atoms with Crippen LogP contribution in [0.15, 0.2) is 37.8 Å². The second-order valence-electron chi connectivity index (χ2n) is 3.08. The Balaban J connectivity index is 2.37. The van der Waals surface area contributed by atoms with Crippen LogP contribution in [0.2, 0.25) is 5.28 Å². The van der Waals surface area contributed by atoms with Gasteiger partial charge in [-0.3, -0.25) is 0 Å². The number of anilines is 2. The molecule has 3 nitrogen and oxygen atoms in total. The van der Waals surface area contributed by atoms with Gasteiger partial charge >= 0.3 is 0 Å². The van der Waals surface area contributed by atoms with Crippen LogP contribution >= 0.6 is 59.4 Å². The van der Waals surface area contributed by atoms with Crippen molar-refractivity contribution in [1.29, 1.82) is 0 Å². The van der Waals surface area contributed by atoms with E-state index in [4.69, 9.17) is 11.6 Å². The number of benzene rings is 1. The van der Waals surface area contributed by atoms with E-state index in [0.717, 1.165) is 19.1 Å². The molecule has 1 aromatic heterocycles. The quantitative estimate of drug-likeness (QED) is 0.653. The molecule has 0 aliphatic heterocycles. The Labute approximate surface area is 128 Å². The van der Waals surface area contributed by atoms with Gasteiger partial charge in [-0.05, 0) is 61.7 Å². The minimum Gasteiger partial charge on any atom is -0.338 e. The van der Waals surface area contributed by atoms with Crippen molar-refractivity contribution in [2.24, 2.45) is 0 Å². The highest BCUT2D eigenvalue weighted by Crippen LogP contribution is 2.31. The number of nitrogens with zero attached hydrogens (tertiary/aromatic N) is 2. The lowest BCUT2D eigenvalue weighted by Crippen LogP contribution is -1.97. The Morgan fingerprint density at radius 2 is 1.88 bits per heavy atom. The van der Waals surface area contributed by atoms with Gasteiger partial charge < -0.3 is 5.32 Å². The van der Waals surface area contributed by atoms with Gasteiger partial charge in [-0.2, -0.15) is 4.98 Å². The van der Waals surface area contributed by atoms with E-state index in [1.807, 2.05) is 18.2 Å². The van der Waals surface area contributed by atoms with Crippen LogP contribution in [0.4, 0.5) is 11.5 Å². The Hall–Kier alpha value is -0.170. The van der Waals surface area contributed by atoms with Crippen molar-refractivity contribution >= 4 is 70.9 Å². The zero-order chi connectivity index (χ0) is 12.4. The Bertz CT molecular complexity index is 513. The van der Waals surface area contributed by atoms with Gasteiger partial charge in [0.25, 0.3) is 0 Å². The van der Waals surface area contributed by atoms with E-state index < -0.39 is 0 Å². The highest BCUT2D eigenvalue weighted by molar-refractivity contribution is 9.11. The van der Waals surface area contributed by atoms with Crippen LogP contribution in [0.5, 0.6) is 0 Å². The standard InChI is InChI=1S/C10H5Br3ClN3/c11-5-1-2-6(12)8(3-5)16-9-7(13)4-15-10(14)17-9/h1-4H,(H,15,16,17). The van der Waals surface area contributed by atoms with Gasteiger partial charge in [-0.25, -0.2) is 4.98 Å². The third kappa shape index (κ3) is 3.40. The molecule has 2 aromatic rings. The smallest absolute Gasteiger partial charge is 0.224 e. The fourth-order valence-electron chi connectivity index (χ4n) is 1.15. The number of hydrogen-bond acceptors (Lipinski definition) is 3. The number of hydrogen-bond donors (Lipinski definition) is 1. The largest absolute Gasteiger partial charge is 0.338 e. The number of aromatic nitrogens is 2. The summed E-state index contributed by atoms with van der Waals surface area (Å²) < 4.78 is 2.65. The van der Waals surface area contributed by atoms with Crippen LogP contribution in [0, 0.1) is 0 Å². The van der Waals surface area contributed by atoms with Crippen LogP contribution in [0.25, 0.3) is 0 Å². The zero-order valence-corrected chi connectivity index (χ0v) is 13.7. The summed E-state index contributed by atoms with van der Waals surface area (Å²) in [7, 11) is 0. The Morgan fingerprint density at radius 1 is 1.12 bits per heavy atom. The van der Waals surface area contributed by atoms with Gasteiger partial charge in [-0.1, -0.05) is 15.9 Å². The van der Waals surface area contributed by atoms with Crippen molar-refractivity contribution in [3.63, 3.8) is 0 Å². The average molecular weight is 442 g/mol. The SMILES string of the molecule is Clc1ncc(Br)c(Nc2cc(Br)ccc2Br)n1. The molecule has 0 saturated carbocycles. The molecule has 0 atom stereocenters. The van der Waals surface area contributed by atoms with Gasteiger partial charge in [0.2, 0.25) is 5.28 Å². The third-order valence-electron chi connectivity index (χ3n) is 1.90. The summed E-state index contributed by atoms with van der Waals surface area (Å²) in [5.41, 5.74) is 0.884. The minimum absolute atomic E-state index is 0.196. The molecule has 0 fully saturated rings. The first-order valence-corrected chi connectivity index (χ1v) is 7.22. The molecule has 0 amide bonds. The molecule has 0 saturated heterocycles. The van der Waals surface area contributed by atoms with Gasteiger partial charge in [0.05, 0.1) is 10.2 Å². The van der Waals surface area contributed by atoms with Gasteiger partial charge in [0.15, 0.2) is 0 Å². The number of halogens is 4. The van der Waals surface area contributed by atoms with Crippen molar-refractivity contribution < 1.29 is 0 Å². The first-order chi connectivity index (χ1) is 8.06. The maximum atomic E-state index is 5.75. The van der Waals surface area contributed by atoms with Crippen LogP contribution in [-0.4, -0.2) is 9.97 Å². The molecule has 0 bridgehead atoms. The fourth-order valence-corrected chi connectivity index (χ4v) is 2.28. The van der Waals surface area contributed by atoms with Crippen molar-refractivity contribution in [3.05, 3.63) is 43.1 Å². The predicted molar refractivity (Wildman–Crippen MR) is 79.9 cm³/mol. The third-order valence-corrected chi connectivity index (χ3v) is 3.84. The highest BCUT2D eigenvalue weighted by Gasteiger charge is 2.07. The molecule has 1 aromatic carbocycles. The van der Waals surface area contributed by atoms with Crippen molar-refractivity contribution in [1.82, 2.24) is 9.97 Å². The van der Waals surface area contributed by atoms with Crippen LogP contribution in [0.3, 0.4) is 0 Å². The summed E-state index contributed by atoms with van der Waals surface area (Å²) >= 11 is 16.0. The van der Waals surface area contributed by atoms with E-state index in [1.165, 1.54) is 0 Å². The molecule has 0 aliphatic carbocycles. The predicted octanol–water partition coefficient (Wildman–Crippen LogP) is 5.16. The zero-order valence-electron chi connectivity index (χ0n) is 8.22. The Kier molecular flexibility index (Phi) is 4.41. The molecule has 0 unspecified atom stereocenters. The van der Waals surface area contributed by atoms with Gasteiger partial charge in [0.1, 0.15) is 5.82 Å².